The van der Waals surface area contributed by atoms with Crippen molar-refractivity contribution >= 4 is 50.5 Å². The Morgan fingerprint density at radius 3 is 2.31 bits per heavy atom. The van der Waals surface area contributed by atoms with Gasteiger partial charge in [0.15, 0.2) is 0 Å². The summed E-state index contributed by atoms with van der Waals surface area (Å²) in [5.74, 6) is -2.18. The number of nitrogens with one attached hydrogen (secondary N) is 2. The van der Waals surface area contributed by atoms with E-state index in [9.17, 15) is 18.0 Å². The highest BCUT2D eigenvalue weighted by Gasteiger charge is 2.31. The van der Waals surface area contributed by atoms with E-state index in [0.29, 0.717) is 12.1 Å². The molecule has 0 fully saturated rings. The van der Waals surface area contributed by atoms with Gasteiger partial charge in [-0.15, -0.1) is 22.7 Å². The van der Waals surface area contributed by atoms with Gasteiger partial charge in [-0.1, -0.05) is 42.5 Å². The zero-order chi connectivity index (χ0) is 28.0. The number of thiophene rings is 1. The molecule has 2 heterocycles. The predicted molar refractivity (Wildman–Crippen MR) is 152 cm³/mol. The van der Waals surface area contributed by atoms with Gasteiger partial charge in [-0.2, -0.15) is 8.42 Å². The highest BCUT2D eigenvalue weighted by Crippen LogP contribution is 2.33. The van der Waals surface area contributed by atoms with Crippen molar-refractivity contribution in [2.45, 2.75) is 25.8 Å². The van der Waals surface area contributed by atoms with E-state index in [2.05, 4.69) is 5.32 Å². The Bertz CT molecular complexity index is 1530. The van der Waals surface area contributed by atoms with Crippen molar-refractivity contribution in [3.63, 3.8) is 0 Å². The molecule has 0 spiro atoms. The molecule has 0 saturated heterocycles. The second kappa shape index (κ2) is 12.5. The summed E-state index contributed by atoms with van der Waals surface area (Å²) in [5, 5.41) is 7.72. The molecule has 0 bridgehead atoms. The molecule has 2 aromatic heterocycles. The first-order valence-corrected chi connectivity index (χ1v) is 15.1. The molecule has 0 aliphatic rings. The number of aryl methyl sites for hydroxylation is 1. The minimum absolute atomic E-state index is 0.179. The van der Waals surface area contributed by atoms with E-state index < -0.39 is 34.1 Å². The molecule has 9 nitrogen and oxygen atoms in total. The monoisotopic (exact) mass is 585 g/mol. The van der Waals surface area contributed by atoms with Crippen molar-refractivity contribution < 1.29 is 27.3 Å². The average Bonchev–Trinajstić information content (AvgIpc) is 3.56. The molecule has 2 atom stereocenters. The Labute approximate surface area is 234 Å². The molecule has 4 aromatic rings. The van der Waals surface area contributed by atoms with Crippen LogP contribution in [0.4, 0.5) is 5.69 Å². The lowest BCUT2D eigenvalue weighted by Crippen LogP contribution is -2.40. The maximum atomic E-state index is 13.5. The van der Waals surface area contributed by atoms with Gasteiger partial charge in [0.05, 0.1) is 29.4 Å². The smallest absolute Gasteiger partial charge is 0.357 e. The summed E-state index contributed by atoms with van der Waals surface area (Å²) in [4.78, 5) is 32.0. The number of esters is 1. The van der Waals surface area contributed by atoms with Crippen LogP contribution < -0.4 is 10.0 Å². The number of amides is 1. The van der Waals surface area contributed by atoms with Crippen LogP contribution in [0.25, 0.3) is 9.88 Å². The van der Waals surface area contributed by atoms with E-state index in [-0.39, 0.29) is 12.1 Å². The third kappa shape index (κ3) is 7.73. The topological polar surface area (TPSA) is 135 Å². The number of nitrogens with zero attached hydrogens (tertiary/aromatic N) is 1. The molecule has 1 unspecified atom stereocenters. The van der Waals surface area contributed by atoms with Gasteiger partial charge < -0.3 is 10.1 Å². The summed E-state index contributed by atoms with van der Waals surface area (Å²) >= 11 is 3.06. The minimum Gasteiger partial charge on any atom is -0.468 e. The van der Waals surface area contributed by atoms with Gasteiger partial charge in [-0.3, -0.25) is 18.9 Å². The molecule has 0 aliphatic heterocycles. The van der Waals surface area contributed by atoms with Gasteiger partial charge in [0.1, 0.15) is 10.9 Å². The third-order valence-corrected chi connectivity index (χ3v) is 8.50. The molecule has 39 heavy (non-hydrogen) atoms. The summed E-state index contributed by atoms with van der Waals surface area (Å²) in [6.07, 6.45) is 0.502. The summed E-state index contributed by atoms with van der Waals surface area (Å²) in [6.45, 7) is 2.01. The number of aromatic nitrogens is 1. The molecule has 3 N–H and O–H groups in total. The molecule has 12 heteroatoms. The Kier molecular flexibility index (Phi) is 9.12. The van der Waals surface area contributed by atoms with E-state index >= 15 is 0 Å². The summed E-state index contributed by atoms with van der Waals surface area (Å²) in [7, 11) is -3.15. The first kappa shape index (κ1) is 28.4. The number of carbonyl (C=O) groups is 2. The van der Waals surface area contributed by atoms with E-state index in [4.69, 9.17) is 14.3 Å². The van der Waals surface area contributed by atoms with Crippen LogP contribution in [0.2, 0.25) is 0 Å². The first-order chi connectivity index (χ1) is 18.6. The molecule has 0 aliphatic carbocycles. The number of methoxy groups -OCH3 is 1. The molecule has 2 aromatic carbocycles. The van der Waals surface area contributed by atoms with Crippen LogP contribution in [0.5, 0.6) is 0 Å². The van der Waals surface area contributed by atoms with Crippen LogP contribution in [-0.2, 0) is 37.5 Å². The van der Waals surface area contributed by atoms with Crippen LogP contribution in [0.3, 0.4) is 0 Å². The number of anilines is 1. The van der Waals surface area contributed by atoms with E-state index in [1.807, 2.05) is 58.8 Å². The number of ether oxygens (including phenoxy) is 1. The van der Waals surface area contributed by atoms with Crippen molar-refractivity contribution in [2.75, 3.05) is 11.8 Å². The van der Waals surface area contributed by atoms with Crippen LogP contribution >= 0.6 is 22.7 Å². The second-order valence-electron chi connectivity index (χ2n) is 8.82. The van der Waals surface area contributed by atoms with Crippen LogP contribution in [-0.4, -0.2) is 36.9 Å². The van der Waals surface area contributed by atoms with Gasteiger partial charge in [-0.25, -0.2) is 4.98 Å². The fourth-order valence-electron chi connectivity index (χ4n) is 4.01. The van der Waals surface area contributed by atoms with Crippen molar-refractivity contribution in [1.82, 2.24) is 10.3 Å². The number of benzene rings is 2. The molecule has 204 valence electrons. The number of rotatable bonds is 11. The fraction of sp³-hybridized carbons (Fsp3) is 0.222. The maximum absolute atomic E-state index is 13.5. The Balaban J connectivity index is 1.61. The Morgan fingerprint density at radius 1 is 1.00 bits per heavy atom. The Hall–Kier alpha value is -3.58. The van der Waals surface area contributed by atoms with Gasteiger partial charge in [0.2, 0.25) is 5.91 Å². The quantitative estimate of drug-likeness (QED) is 0.130. The Morgan fingerprint density at radius 2 is 1.69 bits per heavy atom. The number of thiazole rings is 1. The van der Waals surface area contributed by atoms with Gasteiger partial charge in [0.25, 0.3) is 0 Å². The normalized spacial score (nSPS) is 12.9. The van der Waals surface area contributed by atoms with E-state index in [1.165, 1.54) is 30.6 Å². The maximum Gasteiger partial charge on any atom is 0.357 e. The predicted octanol–water partition coefficient (Wildman–Crippen LogP) is 4.83. The summed E-state index contributed by atoms with van der Waals surface area (Å²) in [6, 6.07) is 17.1. The number of hydrogen-bond donors (Lipinski definition) is 3. The molecule has 0 radical (unpaired) electrons. The second-order valence-corrected chi connectivity index (χ2v) is 11.7. The van der Waals surface area contributed by atoms with Gasteiger partial charge in [0, 0.05) is 5.38 Å². The zero-order valence-electron chi connectivity index (χ0n) is 21.2. The van der Waals surface area contributed by atoms with Crippen molar-refractivity contribution in [3.05, 3.63) is 93.8 Å². The molecule has 1 amide bonds. The standard InChI is InChI=1S/C27H27N3O6S3/c1-17-12-13-37-24(17)26-29-23(16-38-26)22(15-19-8-10-20(11-9-19)30-39(33,34)35)28-25(31)21(27(32)36-2)14-18-6-4-3-5-7-18/h3-13,16,21-22,30H,14-15H2,1-2H3,(H,28,31)(H,33,34,35)/t21-,22?/m0/s1. The molecular formula is C27H27N3O6S3. The summed E-state index contributed by atoms with van der Waals surface area (Å²) in [5.41, 5.74) is 3.54. The first-order valence-electron chi connectivity index (χ1n) is 11.9. The highest BCUT2D eigenvalue weighted by molar-refractivity contribution is 7.87. The van der Waals surface area contributed by atoms with Gasteiger partial charge >= 0.3 is 16.3 Å². The number of hydrogen-bond acceptors (Lipinski definition) is 8. The minimum atomic E-state index is -4.40. The number of carbonyl (C=O) groups excluding carboxylic acids is 2. The van der Waals surface area contributed by atoms with Crippen LogP contribution in [0.15, 0.2) is 71.4 Å². The van der Waals surface area contributed by atoms with Crippen LogP contribution in [0, 0.1) is 12.8 Å². The van der Waals surface area contributed by atoms with Crippen molar-refractivity contribution in [1.29, 1.82) is 0 Å². The molecular weight excluding hydrogens is 559 g/mol. The highest BCUT2D eigenvalue weighted by atomic mass is 32.2. The fourth-order valence-corrected chi connectivity index (χ4v) is 6.42. The SMILES string of the molecule is COC(=O)[C@@H](Cc1ccccc1)C(=O)NC(Cc1ccc(NS(=O)(=O)O)cc1)c1csc(-c2sccc2C)n1. The lowest BCUT2D eigenvalue weighted by Gasteiger charge is -2.21. The van der Waals surface area contributed by atoms with Crippen molar-refractivity contribution in [3.8, 4) is 9.88 Å². The molecule has 0 saturated carbocycles. The van der Waals surface area contributed by atoms with E-state index in [0.717, 1.165) is 26.6 Å². The summed E-state index contributed by atoms with van der Waals surface area (Å²) < 4.78 is 38.2. The largest absolute Gasteiger partial charge is 0.468 e. The lowest BCUT2D eigenvalue weighted by molar-refractivity contribution is -0.150. The van der Waals surface area contributed by atoms with Crippen molar-refractivity contribution in [2.24, 2.45) is 5.92 Å². The lowest BCUT2D eigenvalue weighted by atomic mass is 9.97. The van der Waals surface area contributed by atoms with Crippen LogP contribution in [0.1, 0.15) is 28.4 Å². The van der Waals surface area contributed by atoms with E-state index in [1.54, 1.807) is 23.5 Å². The van der Waals surface area contributed by atoms with Gasteiger partial charge in [-0.05, 0) is 60.0 Å². The average molecular weight is 586 g/mol. The zero-order valence-corrected chi connectivity index (χ0v) is 23.6. The molecule has 4 rings (SSSR count). The third-order valence-electron chi connectivity index (χ3n) is 5.98.